The van der Waals surface area contributed by atoms with Crippen molar-refractivity contribution in [2.75, 3.05) is 46.1 Å². The zero-order chi connectivity index (χ0) is 18.8. The van der Waals surface area contributed by atoms with Gasteiger partial charge < -0.3 is 20.3 Å². The fourth-order valence-electron chi connectivity index (χ4n) is 2.35. The lowest BCUT2D eigenvalue weighted by Crippen LogP contribution is -2.42. The van der Waals surface area contributed by atoms with Crippen molar-refractivity contribution in [3.63, 3.8) is 0 Å². The first kappa shape index (κ1) is 24.3. The van der Waals surface area contributed by atoms with Gasteiger partial charge in [0.1, 0.15) is 6.54 Å². The SMILES string of the molecule is CN(C)C(=O)CN=C(NCCSc1ccc(Cl)cc1)NCC1CCCO1.I. The van der Waals surface area contributed by atoms with Crippen LogP contribution in [0.4, 0.5) is 0 Å². The highest BCUT2D eigenvalue weighted by Crippen LogP contribution is 2.19. The molecule has 6 nitrogen and oxygen atoms in total. The number of rotatable bonds is 8. The quantitative estimate of drug-likeness (QED) is 0.179. The summed E-state index contributed by atoms with van der Waals surface area (Å²) in [5.41, 5.74) is 0. The second kappa shape index (κ2) is 13.5. The highest BCUT2D eigenvalue weighted by atomic mass is 127. The molecule has 1 fully saturated rings. The summed E-state index contributed by atoms with van der Waals surface area (Å²) >= 11 is 7.64. The van der Waals surface area contributed by atoms with Gasteiger partial charge in [0.25, 0.3) is 0 Å². The van der Waals surface area contributed by atoms with E-state index in [0.29, 0.717) is 12.5 Å². The van der Waals surface area contributed by atoms with Gasteiger partial charge in [0.05, 0.1) is 6.10 Å². The first-order valence-corrected chi connectivity index (χ1v) is 10.1. The summed E-state index contributed by atoms with van der Waals surface area (Å²) in [5.74, 6) is 1.50. The van der Waals surface area contributed by atoms with Crippen LogP contribution in [0, 0.1) is 0 Å². The number of likely N-dealkylation sites (N-methyl/N-ethyl adjacent to an activating group) is 1. The third-order valence-corrected chi connectivity index (χ3v) is 5.13. The number of hydrogen-bond donors (Lipinski definition) is 2. The van der Waals surface area contributed by atoms with Crippen LogP contribution < -0.4 is 10.6 Å². The number of carbonyl (C=O) groups excluding carboxylic acids is 1. The number of thioether (sulfide) groups is 1. The van der Waals surface area contributed by atoms with E-state index < -0.39 is 0 Å². The van der Waals surface area contributed by atoms with Gasteiger partial charge in [-0.3, -0.25) is 4.79 Å². The number of ether oxygens (including phenoxy) is 1. The van der Waals surface area contributed by atoms with E-state index in [1.165, 1.54) is 9.80 Å². The number of amides is 1. The van der Waals surface area contributed by atoms with Crippen LogP contribution in [-0.2, 0) is 9.53 Å². The summed E-state index contributed by atoms with van der Waals surface area (Å²) in [6, 6.07) is 7.79. The average molecular weight is 527 g/mol. The second-order valence-corrected chi connectivity index (χ2v) is 7.80. The first-order chi connectivity index (χ1) is 12.5. The maximum Gasteiger partial charge on any atom is 0.243 e. The van der Waals surface area contributed by atoms with Gasteiger partial charge in [-0.15, -0.1) is 35.7 Å². The van der Waals surface area contributed by atoms with Crippen LogP contribution in [0.5, 0.6) is 0 Å². The lowest BCUT2D eigenvalue weighted by Gasteiger charge is -2.16. The molecular weight excluding hydrogens is 499 g/mol. The lowest BCUT2D eigenvalue weighted by atomic mass is 10.2. The average Bonchev–Trinajstić information content (AvgIpc) is 3.15. The van der Waals surface area contributed by atoms with Crippen molar-refractivity contribution in [3.8, 4) is 0 Å². The van der Waals surface area contributed by atoms with Crippen molar-refractivity contribution < 1.29 is 9.53 Å². The van der Waals surface area contributed by atoms with Gasteiger partial charge in [0.15, 0.2) is 5.96 Å². The Morgan fingerprint density at radius 3 is 2.70 bits per heavy atom. The molecule has 1 saturated heterocycles. The maximum absolute atomic E-state index is 11.8. The minimum Gasteiger partial charge on any atom is -0.376 e. The number of aliphatic imine (C=N–C) groups is 1. The zero-order valence-electron chi connectivity index (χ0n) is 15.7. The lowest BCUT2D eigenvalue weighted by molar-refractivity contribution is -0.127. The predicted molar refractivity (Wildman–Crippen MR) is 124 cm³/mol. The standard InChI is InChI=1S/C18H27ClN4O2S.HI/c1-23(2)17(24)13-22-18(21-12-15-4-3-10-25-15)20-9-11-26-16-7-5-14(19)6-8-16;/h5-8,15H,3-4,9-13H2,1-2H3,(H2,20,21,22);1H. The van der Waals surface area contributed by atoms with E-state index in [2.05, 4.69) is 15.6 Å². The molecule has 152 valence electrons. The predicted octanol–water partition coefficient (Wildman–Crippen LogP) is 2.85. The van der Waals surface area contributed by atoms with Crippen molar-refractivity contribution >= 4 is 59.2 Å². The van der Waals surface area contributed by atoms with E-state index in [1.54, 1.807) is 25.9 Å². The molecular formula is C18H28ClIN4O2S. The first-order valence-electron chi connectivity index (χ1n) is 8.77. The Balaban J connectivity index is 0.00000364. The fraction of sp³-hybridized carbons (Fsp3) is 0.556. The normalized spacial score (nSPS) is 16.6. The highest BCUT2D eigenvalue weighted by molar-refractivity contribution is 14.0. The number of hydrogen-bond acceptors (Lipinski definition) is 4. The van der Waals surface area contributed by atoms with Gasteiger partial charge in [0, 0.05) is 49.5 Å². The fourth-order valence-corrected chi connectivity index (χ4v) is 3.24. The zero-order valence-corrected chi connectivity index (χ0v) is 19.6. The Hall–Kier alpha value is -0.710. The van der Waals surface area contributed by atoms with Crippen molar-refractivity contribution in [1.82, 2.24) is 15.5 Å². The van der Waals surface area contributed by atoms with Gasteiger partial charge in [-0.1, -0.05) is 11.6 Å². The van der Waals surface area contributed by atoms with E-state index in [-0.39, 0.29) is 42.5 Å². The molecule has 1 unspecified atom stereocenters. The molecule has 0 saturated carbocycles. The Morgan fingerprint density at radius 2 is 2.07 bits per heavy atom. The molecule has 0 aromatic heterocycles. The molecule has 1 atom stereocenters. The molecule has 1 aliphatic heterocycles. The molecule has 0 spiro atoms. The van der Waals surface area contributed by atoms with Crippen LogP contribution in [0.1, 0.15) is 12.8 Å². The molecule has 0 radical (unpaired) electrons. The van der Waals surface area contributed by atoms with E-state index in [9.17, 15) is 4.79 Å². The molecule has 2 rings (SSSR count). The van der Waals surface area contributed by atoms with Crippen molar-refractivity contribution in [1.29, 1.82) is 0 Å². The minimum atomic E-state index is -0.0289. The number of carbonyl (C=O) groups is 1. The third kappa shape index (κ3) is 9.87. The van der Waals surface area contributed by atoms with E-state index in [0.717, 1.165) is 36.8 Å². The Morgan fingerprint density at radius 1 is 1.33 bits per heavy atom. The molecule has 1 aromatic carbocycles. The third-order valence-electron chi connectivity index (χ3n) is 3.87. The van der Waals surface area contributed by atoms with Crippen LogP contribution in [0.25, 0.3) is 0 Å². The van der Waals surface area contributed by atoms with E-state index in [1.807, 2.05) is 24.3 Å². The van der Waals surface area contributed by atoms with E-state index in [4.69, 9.17) is 16.3 Å². The molecule has 27 heavy (non-hydrogen) atoms. The molecule has 0 bridgehead atoms. The monoisotopic (exact) mass is 526 g/mol. The van der Waals surface area contributed by atoms with Gasteiger partial charge in [-0.2, -0.15) is 0 Å². The minimum absolute atomic E-state index is 0. The molecule has 1 aliphatic rings. The summed E-state index contributed by atoms with van der Waals surface area (Å²) in [5, 5.41) is 7.31. The van der Waals surface area contributed by atoms with E-state index >= 15 is 0 Å². The highest BCUT2D eigenvalue weighted by Gasteiger charge is 2.15. The number of benzene rings is 1. The number of halogens is 2. The van der Waals surface area contributed by atoms with Crippen LogP contribution in [0.15, 0.2) is 34.2 Å². The Labute approximate surface area is 187 Å². The maximum atomic E-state index is 11.8. The van der Waals surface area contributed by atoms with Crippen molar-refractivity contribution in [2.24, 2.45) is 4.99 Å². The van der Waals surface area contributed by atoms with Crippen LogP contribution >= 0.6 is 47.3 Å². The van der Waals surface area contributed by atoms with Gasteiger partial charge >= 0.3 is 0 Å². The number of guanidine groups is 1. The number of nitrogens with zero attached hydrogens (tertiary/aromatic N) is 2. The topological polar surface area (TPSA) is 66.0 Å². The van der Waals surface area contributed by atoms with Crippen molar-refractivity contribution in [2.45, 2.75) is 23.8 Å². The van der Waals surface area contributed by atoms with Gasteiger partial charge in [0.2, 0.25) is 5.91 Å². The molecule has 1 heterocycles. The molecule has 0 aliphatic carbocycles. The molecule has 9 heteroatoms. The van der Waals surface area contributed by atoms with Crippen LogP contribution in [0.3, 0.4) is 0 Å². The summed E-state index contributed by atoms with van der Waals surface area (Å²) < 4.78 is 5.62. The van der Waals surface area contributed by atoms with Gasteiger partial charge in [-0.25, -0.2) is 4.99 Å². The Bertz CT molecular complexity index is 596. The van der Waals surface area contributed by atoms with Gasteiger partial charge in [-0.05, 0) is 37.1 Å². The second-order valence-electron chi connectivity index (χ2n) is 6.20. The van der Waals surface area contributed by atoms with Crippen LogP contribution in [0.2, 0.25) is 5.02 Å². The molecule has 1 aromatic rings. The van der Waals surface area contributed by atoms with Crippen LogP contribution in [-0.4, -0.2) is 69.0 Å². The Kier molecular flexibility index (Phi) is 12.1. The molecule has 1 amide bonds. The smallest absolute Gasteiger partial charge is 0.243 e. The summed E-state index contributed by atoms with van der Waals surface area (Å²) in [6.07, 6.45) is 2.38. The summed E-state index contributed by atoms with van der Waals surface area (Å²) in [7, 11) is 3.46. The van der Waals surface area contributed by atoms with Crippen molar-refractivity contribution in [3.05, 3.63) is 29.3 Å². The largest absolute Gasteiger partial charge is 0.376 e. The molecule has 2 N–H and O–H groups in total. The summed E-state index contributed by atoms with van der Waals surface area (Å²) in [6.45, 7) is 2.38. The number of nitrogens with one attached hydrogen (secondary N) is 2. The summed E-state index contributed by atoms with van der Waals surface area (Å²) in [4.78, 5) is 18.9.